The summed E-state index contributed by atoms with van der Waals surface area (Å²) in [4.78, 5) is 0. The van der Waals surface area contributed by atoms with Crippen molar-refractivity contribution in [3.8, 4) is 0 Å². The maximum absolute atomic E-state index is 14.6. The first kappa shape index (κ1) is 20.0. The van der Waals surface area contributed by atoms with Gasteiger partial charge >= 0.3 is 0 Å². The Balaban J connectivity index is 1.54. The molecule has 148 valence electrons. The summed E-state index contributed by atoms with van der Waals surface area (Å²) < 4.78 is 48.8. The Kier molecular flexibility index (Phi) is 6.67. The number of aryl methyl sites for hydroxylation is 1. The van der Waals surface area contributed by atoms with Crippen LogP contribution in [-0.2, 0) is 4.74 Å². The van der Waals surface area contributed by atoms with Crippen LogP contribution in [0.4, 0.5) is 13.2 Å². The van der Waals surface area contributed by atoms with E-state index in [1.165, 1.54) is 6.08 Å². The molecule has 1 saturated carbocycles. The lowest BCUT2D eigenvalue weighted by molar-refractivity contribution is 0.0954. The largest absolute Gasteiger partial charge is 0.495 e. The predicted octanol–water partition coefficient (Wildman–Crippen LogP) is 6.74. The van der Waals surface area contributed by atoms with Crippen LogP contribution in [0.2, 0.25) is 0 Å². The van der Waals surface area contributed by atoms with Gasteiger partial charge in [-0.25, -0.2) is 13.2 Å². The predicted molar refractivity (Wildman–Crippen MR) is 103 cm³/mol. The highest BCUT2D eigenvalue weighted by molar-refractivity contribution is 5.31. The third kappa shape index (κ3) is 4.97. The third-order valence-electron chi connectivity index (χ3n) is 5.85. The Morgan fingerprint density at radius 3 is 2.33 bits per heavy atom. The summed E-state index contributed by atoms with van der Waals surface area (Å²) >= 11 is 0. The second-order valence-corrected chi connectivity index (χ2v) is 8.01. The van der Waals surface area contributed by atoms with Gasteiger partial charge in [-0.15, -0.1) is 0 Å². The zero-order valence-corrected chi connectivity index (χ0v) is 16.1. The first-order valence-electron chi connectivity index (χ1n) is 9.99. The minimum absolute atomic E-state index is 0.0217. The normalized spacial score (nSPS) is 29.7. The molecule has 0 saturated heterocycles. The molecule has 0 aliphatic heterocycles. The molecule has 0 aromatic heterocycles. The van der Waals surface area contributed by atoms with Crippen LogP contribution >= 0.6 is 0 Å². The van der Waals surface area contributed by atoms with Gasteiger partial charge in [-0.1, -0.05) is 55.7 Å². The molecule has 1 nitrogen and oxygen atoms in total. The third-order valence-corrected chi connectivity index (χ3v) is 5.85. The lowest BCUT2D eigenvalue weighted by Gasteiger charge is -2.32. The van der Waals surface area contributed by atoms with Crippen LogP contribution in [0, 0.1) is 18.8 Å². The average Bonchev–Trinajstić information content (AvgIpc) is 2.66. The molecule has 0 N–H and O–H groups in total. The van der Waals surface area contributed by atoms with Crippen LogP contribution in [0.25, 0.3) is 0 Å². The highest BCUT2D eigenvalue weighted by atomic mass is 19.2. The summed E-state index contributed by atoms with van der Waals surface area (Å²) in [6, 6.07) is 7.21. The quantitative estimate of drug-likeness (QED) is 0.533. The lowest BCUT2D eigenvalue weighted by atomic mass is 9.76. The summed E-state index contributed by atoms with van der Waals surface area (Å²) in [5, 5.41) is 0. The van der Waals surface area contributed by atoms with E-state index in [4.69, 9.17) is 4.74 Å². The van der Waals surface area contributed by atoms with Gasteiger partial charge in [-0.2, -0.15) is 0 Å². The van der Waals surface area contributed by atoms with Crippen molar-refractivity contribution in [3.05, 3.63) is 58.9 Å². The number of ether oxygens (including phenoxy) is 1. The average molecular weight is 378 g/mol. The minimum atomic E-state index is -1.79. The molecule has 3 atom stereocenters. The lowest BCUT2D eigenvalue weighted by Crippen LogP contribution is -2.31. The number of hydrogen-bond acceptors (Lipinski definition) is 1. The Morgan fingerprint density at radius 2 is 1.67 bits per heavy atom. The summed E-state index contributed by atoms with van der Waals surface area (Å²) in [6.45, 7) is 4.18. The summed E-state index contributed by atoms with van der Waals surface area (Å²) in [5.74, 6) is 0.775. The van der Waals surface area contributed by atoms with Gasteiger partial charge in [0.15, 0.2) is 12.3 Å². The summed E-state index contributed by atoms with van der Waals surface area (Å²) in [6.07, 6.45) is 2.69. The number of allylic oxidation sites excluding steroid dienone is 4. The van der Waals surface area contributed by atoms with E-state index in [-0.39, 0.29) is 24.7 Å². The van der Waals surface area contributed by atoms with Crippen molar-refractivity contribution in [2.45, 2.75) is 64.5 Å². The SMILES string of the molecule is Cc1ccc(C(F)CCOC2=CC=C(C3CCC(C)CC3)C(F)C2F)cc1. The number of hydrogen-bond donors (Lipinski definition) is 0. The van der Waals surface area contributed by atoms with E-state index in [0.717, 1.165) is 31.2 Å². The molecule has 0 radical (unpaired) electrons. The van der Waals surface area contributed by atoms with Crippen LogP contribution in [0.15, 0.2) is 47.7 Å². The van der Waals surface area contributed by atoms with Crippen molar-refractivity contribution in [2.24, 2.45) is 11.8 Å². The van der Waals surface area contributed by atoms with Crippen molar-refractivity contribution < 1.29 is 17.9 Å². The number of rotatable bonds is 6. The molecule has 1 aromatic carbocycles. The van der Waals surface area contributed by atoms with Gasteiger partial charge in [-0.3, -0.25) is 0 Å². The molecule has 3 unspecified atom stereocenters. The molecule has 0 amide bonds. The fourth-order valence-corrected chi connectivity index (χ4v) is 3.98. The number of halogens is 3. The molecule has 1 aromatic rings. The molecule has 0 heterocycles. The molecular formula is C23H29F3O. The smallest absolute Gasteiger partial charge is 0.192 e. The monoisotopic (exact) mass is 378 g/mol. The van der Waals surface area contributed by atoms with Crippen LogP contribution in [-0.4, -0.2) is 19.0 Å². The maximum Gasteiger partial charge on any atom is 0.192 e. The Hall–Kier alpha value is -1.71. The topological polar surface area (TPSA) is 9.23 Å². The van der Waals surface area contributed by atoms with Gasteiger partial charge in [-0.05, 0) is 48.8 Å². The fraction of sp³-hybridized carbons (Fsp3) is 0.565. The fourth-order valence-electron chi connectivity index (χ4n) is 3.98. The van der Waals surface area contributed by atoms with E-state index in [9.17, 15) is 13.2 Å². The van der Waals surface area contributed by atoms with E-state index in [1.807, 2.05) is 19.1 Å². The first-order chi connectivity index (χ1) is 13.0. The molecule has 3 rings (SSSR count). The van der Waals surface area contributed by atoms with Gasteiger partial charge in [0.1, 0.15) is 11.9 Å². The standard InChI is InChI=1S/C23H29F3O/c1-15-3-7-17(8-4-15)19-11-12-21(23(26)22(19)25)27-14-13-20(24)18-9-5-16(2)6-10-18/h5-6,9-12,15,17,20,22-23H,3-4,7-8,13-14H2,1-2H3. The van der Waals surface area contributed by atoms with Gasteiger partial charge in [0.05, 0.1) is 6.61 Å². The van der Waals surface area contributed by atoms with Gasteiger partial charge in [0.2, 0.25) is 0 Å². The first-order valence-corrected chi connectivity index (χ1v) is 9.99. The highest BCUT2D eigenvalue weighted by Gasteiger charge is 2.36. The molecule has 27 heavy (non-hydrogen) atoms. The second kappa shape index (κ2) is 8.99. The van der Waals surface area contributed by atoms with Crippen LogP contribution in [0.1, 0.15) is 56.3 Å². The van der Waals surface area contributed by atoms with E-state index in [0.29, 0.717) is 17.1 Å². The zero-order valence-electron chi connectivity index (χ0n) is 16.1. The van der Waals surface area contributed by atoms with Crippen molar-refractivity contribution in [2.75, 3.05) is 6.61 Å². The van der Waals surface area contributed by atoms with E-state index in [1.54, 1.807) is 18.2 Å². The van der Waals surface area contributed by atoms with Crippen molar-refractivity contribution in [1.82, 2.24) is 0 Å². The second-order valence-electron chi connectivity index (χ2n) is 8.01. The minimum Gasteiger partial charge on any atom is -0.495 e. The molecular weight excluding hydrogens is 349 g/mol. The van der Waals surface area contributed by atoms with Crippen molar-refractivity contribution >= 4 is 0 Å². The highest BCUT2D eigenvalue weighted by Crippen LogP contribution is 2.39. The van der Waals surface area contributed by atoms with Crippen LogP contribution in [0.5, 0.6) is 0 Å². The molecule has 2 aliphatic rings. The van der Waals surface area contributed by atoms with Gasteiger partial charge in [0, 0.05) is 6.42 Å². The van der Waals surface area contributed by atoms with Crippen LogP contribution in [0.3, 0.4) is 0 Å². The van der Waals surface area contributed by atoms with Gasteiger partial charge < -0.3 is 4.74 Å². The molecule has 2 aliphatic carbocycles. The zero-order chi connectivity index (χ0) is 19.4. The van der Waals surface area contributed by atoms with Gasteiger partial charge in [0.25, 0.3) is 0 Å². The van der Waals surface area contributed by atoms with Crippen molar-refractivity contribution in [3.63, 3.8) is 0 Å². The Labute approximate surface area is 160 Å². The summed E-state index contributed by atoms with van der Waals surface area (Å²) in [5.41, 5.74) is 2.21. The number of alkyl halides is 3. The molecule has 0 bridgehead atoms. The van der Waals surface area contributed by atoms with E-state index in [2.05, 4.69) is 6.92 Å². The van der Waals surface area contributed by atoms with E-state index >= 15 is 0 Å². The molecule has 1 fully saturated rings. The number of benzene rings is 1. The van der Waals surface area contributed by atoms with E-state index < -0.39 is 18.5 Å². The molecule has 4 heteroatoms. The van der Waals surface area contributed by atoms with Crippen molar-refractivity contribution in [1.29, 1.82) is 0 Å². The Bertz CT molecular complexity index is 671. The maximum atomic E-state index is 14.6. The summed E-state index contributed by atoms with van der Waals surface area (Å²) in [7, 11) is 0. The Morgan fingerprint density at radius 1 is 1.00 bits per heavy atom. The molecule has 0 spiro atoms. The van der Waals surface area contributed by atoms with Crippen LogP contribution < -0.4 is 0 Å².